The molecule has 0 radical (unpaired) electrons. The maximum absolute atomic E-state index is 12.5. The van der Waals surface area contributed by atoms with Crippen LogP contribution in [0.2, 0.25) is 0 Å². The molecule has 0 aromatic carbocycles. The Bertz CT molecular complexity index is 194. The highest BCUT2D eigenvalue weighted by atomic mass is 19.1. The molecule has 1 nitrogen and oxygen atoms in total. The summed E-state index contributed by atoms with van der Waals surface area (Å²) in [4.78, 5) is 0. The first-order valence-electron chi connectivity index (χ1n) is 5.54. The first kappa shape index (κ1) is 11.7. The van der Waals surface area contributed by atoms with Crippen molar-refractivity contribution in [3.8, 4) is 0 Å². The fourth-order valence-electron chi connectivity index (χ4n) is 2.99. The van der Waals surface area contributed by atoms with Crippen LogP contribution in [0, 0.1) is 11.3 Å². The Labute approximate surface area is 86.6 Å². The van der Waals surface area contributed by atoms with Crippen molar-refractivity contribution in [1.82, 2.24) is 0 Å². The van der Waals surface area contributed by atoms with E-state index < -0.39 is 0 Å². The van der Waals surface area contributed by atoms with E-state index in [2.05, 4.69) is 13.5 Å². The van der Waals surface area contributed by atoms with Gasteiger partial charge < -0.3 is 5.73 Å². The third-order valence-corrected chi connectivity index (χ3v) is 3.34. The second-order valence-corrected chi connectivity index (χ2v) is 4.92. The molecule has 1 fully saturated rings. The summed E-state index contributed by atoms with van der Waals surface area (Å²) in [6, 6.07) is 0. The fraction of sp³-hybridized carbons (Fsp3) is 0.833. The second kappa shape index (κ2) is 4.92. The molecular formula is C12H22FN. The summed E-state index contributed by atoms with van der Waals surface area (Å²) in [6.07, 6.45) is 4.82. The van der Waals surface area contributed by atoms with Gasteiger partial charge in [-0.25, -0.2) is 0 Å². The van der Waals surface area contributed by atoms with E-state index in [0.717, 1.165) is 25.7 Å². The van der Waals surface area contributed by atoms with Crippen LogP contribution in [0.4, 0.5) is 4.39 Å². The van der Waals surface area contributed by atoms with Gasteiger partial charge in [0.25, 0.3) is 0 Å². The molecule has 1 rings (SSSR count). The van der Waals surface area contributed by atoms with Gasteiger partial charge in [0, 0.05) is 0 Å². The van der Waals surface area contributed by atoms with Crippen LogP contribution in [-0.2, 0) is 0 Å². The van der Waals surface area contributed by atoms with Crippen LogP contribution in [0.25, 0.3) is 0 Å². The predicted molar refractivity (Wildman–Crippen MR) is 58.9 cm³/mol. The molecule has 1 aliphatic carbocycles. The van der Waals surface area contributed by atoms with Gasteiger partial charge in [-0.3, -0.25) is 4.39 Å². The molecule has 0 saturated heterocycles. The number of hydrogen-bond acceptors (Lipinski definition) is 1. The predicted octanol–water partition coefficient (Wildman–Crippen LogP) is 3.06. The largest absolute Gasteiger partial charge is 0.330 e. The maximum atomic E-state index is 12.5. The van der Waals surface area contributed by atoms with E-state index in [9.17, 15) is 4.39 Å². The average molecular weight is 199 g/mol. The molecule has 0 bridgehead atoms. The fourth-order valence-corrected chi connectivity index (χ4v) is 2.99. The van der Waals surface area contributed by atoms with E-state index in [1.807, 2.05) is 0 Å². The standard InChI is InChI=1S/C12H22FN/c1-10-7-11(2)9-12(8-10,3-5-13)4-6-14/h11H,1,3-9,14H2,2H3. The number of hydrogen-bond donors (Lipinski definition) is 1. The van der Waals surface area contributed by atoms with Gasteiger partial charge in [0.05, 0.1) is 6.67 Å². The molecule has 82 valence electrons. The lowest BCUT2D eigenvalue weighted by molar-refractivity contribution is 0.143. The minimum Gasteiger partial charge on any atom is -0.330 e. The molecule has 2 N–H and O–H groups in total. The van der Waals surface area contributed by atoms with Gasteiger partial charge in [0.2, 0.25) is 0 Å². The van der Waals surface area contributed by atoms with Gasteiger partial charge in [-0.15, -0.1) is 0 Å². The summed E-state index contributed by atoms with van der Waals surface area (Å²) in [5.41, 5.74) is 7.02. The zero-order valence-corrected chi connectivity index (χ0v) is 9.19. The molecule has 0 aliphatic heterocycles. The number of nitrogens with two attached hydrogens (primary N) is 1. The molecule has 1 aliphatic rings. The van der Waals surface area contributed by atoms with Crippen LogP contribution in [0.5, 0.6) is 0 Å². The third-order valence-electron chi connectivity index (χ3n) is 3.34. The lowest BCUT2D eigenvalue weighted by Gasteiger charge is -2.40. The number of allylic oxidation sites excluding steroid dienone is 1. The van der Waals surface area contributed by atoms with Crippen molar-refractivity contribution >= 4 is 0 Å². The monoisotopic (exact) mass is 199 g/mol. The lowest BCUT2D eigenvalue weighted by Crippen LogP contribution is -2.31. The van der Waals surface area contributed by atoms with E-state index in [0.29, 0.717) is 18.9 Å². The van der Waals surface area contributed by atoms with Crippen molar-refractivity contribution in [2.24, 2.45) is 17.1 Å². The van der Waals surface area contributed by atoms with Gasteiger partial charge in [0.15, 0.2) is 0 Å². The van der Waals surface area contributed by atoms with Crippen molar-refractivity contribution in [2.45, 2.75) is 39.0 Å². The number of rotatable bonds is 4. The minimum atomic E-state index is -0.222. The zero-order valence-electron chi connectivity index (χ0n) is 9.19. The van der Waals surface area contributed by atoms with Gasteiger partial charge in [-0.05, 0) is 50.0 Å². The van der Waals surface area contributed by atoms with Crippen molar-refractivity contribution in [3.63, 3.8) is 0 Å². The third kappa shape index (κ3) is 2.81. The Morgan fingerprint density at radius 2 is 2.29 bits per heavy atom. The Balaban J connectivity index is 2.68. The molecule has 0 heterocycles. The van der Waals surface area contributed by atoms with Crippen LogP contribution in [0.15, 0.2) is 12.2 Å². The first-order valence-corrected chi connectivity index (χ1v) is 5.54. The van der Waals surface area contributed by atoms with E-state index in [-0.39, 0.29) is 12.1 Å². The van der Waals surface area contributed by atoms with Gasteiger partial charge in [-0.2, -0.15) is 0 Å². The lowest BCUT2D eigenvalue weighted by atomic mass is 9.65. The van der Waals surface area contributed by atoms with E-state index in [1.165, 1.54) is 5.57 Å². The van der Waals surface area contributed by atoms with Gasteiger partial charge >= 0.3 is 0 Å². The average Bonchev–Trinajstić information content (AvgIpc) is 2.02. The van der Waals surface area contributed by atoms with Crippen molar-refractivity contribution in [3.05, 3.63) is 12.2 Å². The smallest absolute Gasteiger partial charge is 0.0899 e. The normalized spacial score (nSPS) is 33.4. The van der Waals surface area contributed by atoms with Crippen molar-refractivity contribution in [1.29, 1.82) is 0 Å². The summed E-state index contributed by atoms with van der Waals surface area (Å²) < 4.78 is 12.5. The Hall–Kier alpha value is -0.370. The first-order chi connectivity index (χ1) is 6.62. The molecule has 1 saturated carbocycles. The SMILES string of the molecule is C=C1CC(C)CC(CCN)(CCF)C1. The molecule has 0 aromatic heterocycles. The van der Waals surface area contributed by atoms with E-state index in [1.54, 1.807) is 0 Å². The summed E-state index contributed by atoms with van der Waals surface area (Å²) >= 11 is 0. The zero-order chi connectivity index (χ0) is 10.6. The second-order valence-electron chi connectivity index (χ2n) is 4.92. The topological polar surface area (TPSA) is 26.0 Å². The van der Waals surface area contributed by atoms with E-state index in [4.69, 9.17) is 5.73 Å². The highest BCUT2D eigenvalue weighted by Gasteiger charge is 2.35. The van der Waals surface area contributed by atoms with Crippen LogP contribution < -0.4 is 5.73 Å². The molecule has 2 atom stereocenters. The molecule has 0 spiro atoms. The summed E-state index contributed by atoms with van der Waals surface area (Å²) in [7, 11) is 0. The summed E-state index contributed by atoms with van der Waals surface area (Å²) in [5.74, 6) is 0.648. The number of alkyl halides is 1. The van der Waals surface area contributed by atoms with Gasteiger partial charge in [-0.1, -0.05) is 19.1 Å². The molecule has 14 heavy (non-hydrogen) atoms. The molecule has 2 unspecified atom stereocenters. The van der Waals surface area contributed by atoms with Crippen LogP contribution in [0.3, 0.4) is 0 Å². The van der Waals surface area contributed by atoms with Crippen LogP contribution in [-0.4, -0.2) is 13.2 Å². The van der Waals surface area contributed by atoms with Crippen LogP contribution in [0.1, 0.15) is 39.0 Å². The highest BCUT2D eigenvalue weighted by molar-refractivity contribution is 5.06. The molecule has 0 amide bonds. The Morgan fingerprint density at radius 1 is 1.57 bits per heavy atom. The van der Waals surface area contributed by atoms with Gasteiger partial charge in [0.1, 0.15) is 0 Å². The molecular weight excluding hydrogens is 177 g/mol. The number of halogens is 1. The highest BCUT2D eigenvalue weighted by Crippen LogP contribution is 2.46. The Kier molecular flexibility index (Phi) is 4.11. The minimum absolute atomic E-state index is 0.123. The quantitative estimate of drug-likeness (QED) is 0.692. The molecule has 2 heteroatoms. The summed E-state index contributed by atoms with van der Waals surface area (Å²) in [6.45, 7) is 6.74. The van der Waals surface area contributed by atoms with Crippen molar-refractivity contribution in [2.75, 3.05) is 13.2 Å². The molecule has 0 aromatic rings. The Morgan fingerprint density at radius 3 is 2.79 bits per heavy atom. The maximum Gasteiger partial charge on any atom is 0.0899 e. The van der Waals surface area contributed by atoms with Crippen molar-refractivity contribution < 1.29 is 4.39 Å². The summed E-state index contributed by atoms with van der Waals surface area (Å²) in [5, 5.41) is 0. The van der Waals surface area contributed by atoms with E-state index >= 15 is 0 Å². The van der Waals surface area contributed by atoms with Crippen LogP contribution >= 0.6 is 0 Å².